The van der Waals surface area contributed by atoms with Crippen molar-refractivity contribution < 1.29 is 54.6 Å². The van der Waals surface area contributed by atoms with Gasteiger partial charge < -0.3 is 18.8 Å². The normalized spacial score (nSPS) is 18.1. The van der Waals surface area contributed by atoms with Gasteiger partial charge in [0.05, 0.1) is 29.4 Å². The molecule has 1 aliphatic heterocycles. The quantitative estimate of drug-likeness (QED) is 0.218. The van der Waals surface area contributed by atoms with Gasteiger partial charge in [-0.1, -0.05) is 12.5 Å². The van der Waals surface area contributed by atoms with Crippen molar-refractivity contribution in [3.63, 3.8) is 0 Å². The van der Waals surface area contributed by atoms with Gasteiger partial charge in [0.1, 0.15) is 6.10 Å². The van der Waals surface area contributed by atoms with Crippen LogP contribution in [0.4, 0.5) is 26.3 Å². The Balaban J connectivity index is 0.000000315. The fourth-order valence-electron chi connectivity index (χ4n) is 4.35. The third-order valence-electron chi connectivity index (χ3n) is 6.19. The molecule has 0 N–H and O–H groups in total. The molecule has 11 nitrogen and oxygen atoms in total. The molecule has 0 spiro atoms. The zero-order valence-corrected chi connectivity index (χ0v) is 21.3. The largest absolute Gasteiger partial charge is 0.472 e. The van der Waals surface area contributed by atoms with Crippen molar-refractivity contribution >= 4 is 17.8 Å². The maximum Gasteiger partial charge on any atom is 0.381 e. The molecule has 5 rings (SSSR count). The van der Waals surface area contributed by atoms with Crippen LogP contribution in [0.5, 0.6) is 5.88 Å². The van der Waals surface area contributed by atoms with Crippen molar-refractivity contribution in [1.29, 1.82) is 0 Å². The average Bonchev–Trinajstić information content (AvgIpc) is 3.59. The summed E-state index contributed by atoms with van der Waals surface area (Å²) in [5, 5.41) is 6.97. The molecule has 0 unspecified atom stereocenters. The number of alkyl halides is 6. The van der Waals surface area contributed by atoms with Crippen LogP contribution in [0.3, 0.4) is 0 Å². The summed E-state index contributed by atoms with van der Waals surface area (Å²) < 4.78 is 84.3. The van der Waals surface area contributed by atoms with Gasteiger partial charge in [-0.25, -0.2) is 14.6 Å². The van der Waals surface area contributed by atoms with Gasteiger partial charge in [-0.15, -0.1) is 10.2 Å². The molecule has 1 fully saturated rings. The van der Waals surface area contributed by atoms with Crippen molar-refractivity contribution in [3.8, 4) is 17.3 Å². The number of ether oxygens (including phenoxy) is 2. The molecule has 224 valence electrons. The predicted octanol–water partition coefficient (Wildman–Crippen LogP) is 4.40. The second kappa shape index (κ2) is 13.4. The maximum absolute atomic E-state index is 13.2. The molecule has 3 aromatic heterocycles. The smallest absolute Gasteiger partial charge is 0.381 e. The summed E-state index contributed by atoms with van der Waals surface area (Å²) in [6.45, 7) is 0.368. The van der Waals surface area contributed by atoms with Crippen LogP contribution in [0.2, 0.25) is 0 Å². The van der Waals surface area contributed by atoms with E-state index in [2.05, 4.69) is 24.9 Å². The number of rotatable bonds is 7. The minimum atomic E-state index is -3.57. The molecule has 0 saturated heterocycles. The van der Waals surface area contributed by atoms with Gasteiger partial charge in [-0.2, -0.15) is 26.3 Å². The average molecular weight is 601 g/mol. The molecule has 0 aromatic carbocycles. The van der Waals surface area contributed by atoms with Gasteiger partial charge in [0.2, 0.25) is 11.8 Å². The van der Waals surface area contributed by atoms with Crippen LogP contribution < -0.4 is 4.74 Å². The van der Waals surface area contributed by atoms with Crippen LogP contribution in [0.15, 0.2) is 41.1 Å². The molecule has 0 radical (unpaired) electrons. The number of carbonyl (C=O) groups is 3. The number of hydrogen-bond acceptors (Lipinski definition) is 10. The Labute approximate surface area is 232 Å². The lowest BCUT2D eigenvalue weighted by molar-refractivity contribution is -0.174. The van der Waals surface area contributed by atoms with Crippen molar-refractivity contribution in [2.24, 2.45) is 0 Å². The summed E-state index contributed by atoms with van der Waals surface area (Å²) in [6, 6.07) is 6.96. The molecular weight excluding hydrogens is 580 g/mol. The number of amides is 1. The van der Waals surface area contributed by atoms with Gasteiger partial charge in [0.25, 0.3) is 11.8 Å². The van der Waals surface area contributed by atoms with Crippen LogP contribution in [-0.4, -0.2) is 67.9 Å². The van der Waals surface area contributed by atoms with Gasteiger partial charge in [0, 0.05) is 18.5 Å². The highest BCUT2D eigenvalue weighted by Crippen LogP contribution is 2.34. The van der Waals surface area contributed by atoms with E-state index in [0.29, 0.717) is 29.2 Å². The first-order valence-corrected chi connectivity index (χ1v) is 12.4. The number of nitrogens with zero attached hydrogens (tertiary/aromatic N) is 5. The van der Waals surface area contributed by atoms with Crippen LogP contribution >= 0.6 is 0 Å². The number of hydrogen-bond donors (Lipinski definition) is 0. The minimum Gasteiger partial charge on any atom is -0.472 e. The molecule has 2 atom stereocenters. The van der Waals surface area contributed by atoms with Gasteiger partial charge in [-0.3, -0.25) is 9.78 Å². The summed E-state index contributed by atoms with van der Waals surface area (Å²) in [6.07, 6.45) is -3.35. The fourth-order valence-corrected chi connectivity index (χ4v) is 4.35. The second-order valence-electron chi connectivity index (χ2n) is 8.92. The van der Waals surface area contributed by atoms with Crippen LogP contribution in [0.1, 0.15) is 54.1 Å². The molecule has 1 amide bonds. The summed E-state index contributed by atoms with van der Waals surface area (Å²) in [5.41, 5.74) is 1.37. The Morgan fingerprint density at radius 3 is 2.31 bits per heavy atom. The van der Waals surface area contributed by atoms with E-state index in [1.165, 1.54) is 6.20 Å². The van der Waals surface area contributed by atoms with E-state index in [1.807, 2.05) is 12.1 Å². The van der Waals surface area contributed by atoms with Crippen LogP contribution in [0.25, 0.3) is 11.5 Å². The lowest BCUT2D eigenvalue weighted by atomic mass is 9.91. The summed E-state index contributed by atoms with van der Waals surface area (Å²) >= 11 is 0. The number of esters is 2. The summed E-state index contributed by atoms with van der Waals surface area (Å²) in [4.78, 5) is 43.1. The van der Waals surface area contributed by atoms with Gasteiger partial charge in [0.15, 0.2) is 0 Å². The zero-order chi connectivity index (χ0) is 30.4. The number of fused-ring (bicyclic) bond motifs is 1. The van der Waals surface area contributed by atoms with E-state index in [-0.39, 0.29) is 23.9 Å². The van der Waals surface area contributed by atoms with E-state index < -0.39 is 37.1 Å². The SMILES string of the molecule is O=C(OC(=O)C(F)F)C(F)F.O=C1c2cc(-c3nnc(C(F)F)o3)cnc2CN1[C@@H]1CCCC[C@H]1Oc1ccccn1. The molecule has 2 aliphatic rings. The predicted molar refractivity (Wildman–Crippen MR) is 126 cm³/mol. The Morgan fingerprint density at radius 1 is 0.976 bits per heavy atom. The number of halogens is 6. The monoisotopic (exact) mass is 601 g/mol. The first-order valence-electron chi connectivity index (χ1n) is 12.4. The Hall–Kier alpha value is -4.57. The molecule has 4 heterocycles. The third kappa shape index (κ3) is 7.19. The fraction of sp³-hybridized carbons (Fsp3) is 0.400. The standard InChI is InChI=1S/C21H19F2N5O3.C4H2F4O3/c22-18(23)20-27-26-19(31-20)12-9-13-14(25-10-12)11-28(21(13)29)15-5-1-2-6-16(15)30-17-7-3-4-8-24-17;5-1(6)3(9)11-4(10)2(7)8/h3-4,7-10,15-16,18H,1-2,5-6,11H2;1-2H/t15-,16-;/m1./s1. The lowest BCUT2D eigenvalue weighted by Crippen LogP contribution is -2.48. The Bertz CT molecular complexity index is 1390. The molecule has 42 heavy (non-hydrogen) atoms. The second-order valence-corrected chi connectivity index (χ2v) is 8.92. The Morgan fingerprint density at radius 2 is 1.69 bits per heavy atom. The highest BCUT2D eigenvalue weighted by Gasteiger charge is 2.40. The molecule has 3 aromatic rings. The molecule has 17 heteroatoms. The van der Waals surface area contributed by atoms with E-state index in [4.69, 9.17) is 9.15 Å². The Kier molecular flexibility index (Phi) is 9.69. The maximum atomic E-state index is 13.2. The number of carbonyl (C=O) groups excluding carboxylic acids is 3. The lowest BCUT2D eigenvalue weighted by Gasteiger charge is -2.37. The summed E-state index contributed by atoms with van der Waals surface area (Å²) in [7, 11) is 0. The van der Waals surface area contributed by atoms with Crippen molar-refractivity contribution in [3.05, 3.63) is 53.8 Å². The molecule has 0 bridgehead atoms. The van der Waals surface area contributed by atoms with E-state index >= 15 is 0 Å². The third-order valence-corrected chi connectivity index (χ3v) is 6.19. The molecule has 1 saturated carbocycles. The molecule has 1 aliphatic carbocycles. The minimum absolute atomic E-state index is 0.0918. The number of pyridine rings is 2. The van der Waals surface area contributed by atoms with Crippen molar-refractivity contribution in [2.45, 2.75) is 63.7 Å². The highest BCUT2D eigenvalue weighted by atomic mass is 19.3. The highest BCUT2D eigenvalue weighted by molar-refractivity contribution is 5.99. The zero-order valence-electron chi connectivity index (χ0n) is 21.3. The van der Waals surface area contributed by atoms with E-state index in [9.17, 15) is 40.7 Å². The van der Waals surface area contributed by atoms with Crippen molar-refractivity contribution in [2.75, 3.05) is 0 Å². The van der Waals surface area contributed by atoms with Crippen LogP contribution in [-0.2, 0) is 20.9 Å². The van der Waals surface area contributed by atoms with Gasteiger partial charge in [-0.05, 0) is 31.4 Å². The van der Waals surface area contributed by atoms with Crippen LogP contribution in [0, 0.1) is 0 Å². The molecular formula is C25H21F6N5O6. The van der Waals surface area contributed by atoms with E-state index in [1.54, 1.807) is 23.2 Å². The van der Waals surface area contributed by atoms with Gasteiger partial charge >= 0.3 is 31.2 Å². The van der Waals surface area contributed by atoms with E-state index in [0.717, 1.165) is 25.7 Å². The topological polar surface area (TPSA) is 138 Å². The number of aromatic nitrogens is 4. The summed E-state index contributed by atoms with van der Waals surface area (Å²) in [5.74, 6) is -5.02. The first-order chi connectivity index (χ1) is 20.0. The van der Waals surface area contributed by atoms with Crippen molar-refractivity contribution in [1.82, 2.24) is 25.1 Å². The first kappa shape index (κ1) is 30.4.